The minimum absolute atomic E-state index is 0.0881. The van der Waals surface area contributed by atoms with Crippen LogP contribution in [0.25, 0.3) is 0 Å². The molecule has 1 amide bonds. The normalized spacial score (nSPS) is 11.9. The Morgan fingerprint density at radius 2 is 1.96 bits per heavy atom. The molecule has 3 rings (SSSR count). The minimum Gasteiger partial charge on any atom is -0.461 e. The average molecular weight is 314 g/mol. The first kappa shape index (κ1) is 14.8. The number of nitrogens with one attached hydrogen (secondary N) is 1. The second kappa shape index (κ2) is 6.35. The molecule has 7 heteroatoms. The number of nitrogens with zero attached hydrogens (tertiary/aromatic N) is 1. The SMILES string of the molecule is CCOC(=O)c1cccc(C(=O)Nc2ccc3c(c2)OCO3)n1. The van der Waals surface area contributed by atoms with Crippen LogP contribution >= 0.6 is 0 Å². The highest BCUT2D eigenvalue weighted by molar-refractivity contribution is 6.03. The van der Waals surface area contributed by atoms with Gasteiger partial charge in [0, 0.05) is 11.8 Å². The monoisotopic (exact) mass is 314 g/mol. The summed E-state index contributed by atoms with van der Waals surface area (Å²) in [4.78, 5) is 27.9. The molecule has 2 aromatic rings. The van der Waals surface area contributed by atoms with E-state index in [0.717, 1.165) is 0 Å². The zero-order valence-electron chi connectivity index (χ0n) is 12.4. The Balaban J connectivity index is 1.75. The number of carbonyl (C=O) groups excluding carboxylic acids is 2. The number of fused-ring (bicyclic) bond motifs is 1. The third-order valence-electron chi connectivity index (χ3n) is 3.10. The maximum Gasteiger partial charge on any atom is 0.356 e. The molecule has 0 saturated carbocycles. The smallest absolute Gasteiger partial charge is 0.356 e. The van der Waals surface area contributed by atoms with Crippen molar-refractivity contribution in [1.29, 1.82) is 0 Å². The topological polar surface area (TPSA) is 86.8 Å². The van der Waals surface area contributed by atoms with E-state index in [2.05, 4.69) is 10.3 Å². The largest absolute Gasteiger partial charge is 0.461 e. The molecular weight excluding hydrogens is 300 g/mol. The zero-order valence-corrected chi connectivity index (χ0v) is 12.4. The van der Waals surface area contributed by atoms with Gasteiger partial charge in [-0.05, 0) is 31.2 Å². The Morgan fingerprint density at radius 3 is 2.78 bits per heavy atom. The molecule has 23 heavy (non-hydrogen) atoms. The first-order chi connectivity index (χ1) is 11.2. The predicted octanol–water partition coefficient (Wildman–Crippen LogP) is 2.24. The molecule has 7 nitrogen and oxygen atoms in total. The number of hydrogen-bond donors (Lipinski definition) is 1. The van der Waals surface area contributed by atoms with Crippen molar-refractivity contribution in [1.82, 2.24) is 4.98 Å². The zero-order chi connectivity index (χ0) is 16.2. The number of pyridine rings is 1. The Kier molecular flexibility index (Phi) is 4.09. The Bertz CT molecular complexity index is 760. The van der Waals surface area contributed by atoms with E-state index < -0.39 is 11.9 Å². The fourth-order valence-corrected chi connectivity index (χ4v) is 2.05. The summed E-state index contributed by atoms with van der Waals surface area (Å²) in [6, 6.07) is 9.66. The second-order valence-electron chi connectivity index (χ2n) is 4.65. The van der Waals surface area contributed by atoms with E-state index >= 15 is 0 Å². The number of benzene rings is 1. The van der Waals surface area contributed by atoms with Crippen molar-refractivity contribution >= 4 is 17.6 Å². The van der Waals surface area contributed by atoms with E-state index in [-0.39, 0.29) is 24.8 Å². The summed E-state index contributed by atoms with van der Waals surface area (Å²) in [5.41, 5.74) is 0.751. The molecule has 0 bridgehead atoms. The number of anilines is 1. The lowest BCUT2D eigenvalue weighted by Crippen LogP contribution is -2.16. The van der Waals surface area contributed by atoms with Gasteiger partial charge in [0.15, 0.2) is 11.5 Å². The molecule has 0 aliphatic carbocycles. The molecule has 1 aromatic carbocycles. The van der Waals surface area contributed by atoms with Gasteiger partial charge in [0.05, 0.1) is 6.61 Å². The first-order valence-corrected chi connectivity index (χ1v) is 7.02. The van der Waals surface area contributed by atoms with Crippen LogP contribution in [0.5, 0.6) is 11.5 Å². The number of aromatic nitrogens is 1. The number of rotatable bonds is 4. The summed E-state index contributed by atoms with van der Waals surface area (Å²) < 4.78 is 15.3. The molecule has 0 atom stereocenters. The van der Waals surface area contributed by atoms with Gasteiger partial charge < -0.3 is 19.5 Å². The van der Waals surface area contributed by atoms with E-state index in [1.54, 1.807) is 31.2 Å². The van der Waals surface area contributed by atoms with E-state index in [1.165, 1.54) is 12.1 Å². The lowest BCUT2D eigenvalue weighted by atomic mass is 10.2. The van der Waals surface area contributed by atoms with Crippen LogP contribution in [-0.2, 0) is 4.74 Å². The summed E-state index contributed by atoms with van der Waals surface area (Å²) in [5.74, 6) is 0.196. The maximum absolute atomic E-state index is 12.2. The lowest BCUT2D eigenvalue weighted by Gasteiger charge is -2.07. The van der Waals surface area contributed by atoms with Gasteiger partial charge in [0.1, 0.15) is 11.4 Å². The van der Waals surface area contributed by atoms with E-state index in [0.29, 0.717) is 17.2 Å². The molecular formula is C16H14N2O5. The number of carbonyl (C=O) groups is 2. The van der Waals surface area contributed by atoms with E-state index in [9.17, 15) is 9.59 Å². The van der Waals surface area contributed by atoms with Crippen LogP contribution in [0.15, 0.2) is 36.4 Å². The molecule has 1 aliphatic rings. The summed E-state index contributed by atoms with van der Waals surface area (Å²) in [6.45, 7) is 2.11. The Hall–Kier alpha value is -3.09. The minimum atomic E-state index is -0.565. The van der Waals surface area contributed by atoms with Crippen LogP contribution in [-0.4, -0.2) is 30.3 Å². The van der Waals surface area contributed by atoms with Crippen molar-refractivity contribution in [2.24, 2.45) is 0 Å². The molecule has 1 N–H and O–H groups in total. The van der Waals surface area contributed by atoms with Crippen molar-refractivity contribution in [3.63, 3.8) is 0 Å². The van der Waals surface area contributed by atoms with Crippen molar-refractivity contribution in [3.8, 4) is 11.5 Å². The molecule has 0 saturated heterocycles. The van der Waals surface area contributed by atoms with Gasteiger partial charge in [-0.3, -0.25) is 4.79 Å². The van der Waals surface area contributed by atoms with E-state index in [4.69, 9.17) is 14.2 Å². The Labute approximate surface area is 132 Å². The number of hydrogen-bond acceptors (Lipinski definition) is 6. The molecule has 2 heterocycles. The summed E-state index contributed by atoms with van der Waals surface area (Å²) in [6.07, 6.45) is 0. The summed E-state index contributed by atoms with van der Waals surface area (Å²) in [5, 5.41) is 2.70. The summed E-state index contributed by atoms with van der Waals surface area (Å²) >= 11 is 0. The van der Waals surface area contributed by atoms with Crippen molar-refractivity contribution in [2.75, 3.05) is 18.7 Å². The molecule has 0 spiro atoms. The molecule has 0 radical (unpaired) electrons. The highest BCUT2D eigenvalue weighted by atomic mass is 16.7. The highest BCUT2D eigenvalue weighted by Crippen LogP contribution is 2.34. The molecule has 1 aromatic heterocycles. The van der Waals surface area contributed by atoms with Crippen LogP contribution in [0, 0.1) is 0 Å². The van der Waals surface area contributed by atoms with E-state index in [1.807, 2.05) is 0 Å². The fourth-order valence-electron chi connectivity index (χ4n) is 2.05. The standard InChI is InChI=1S/C16H14N2O5/c1-2-21-16(20)12-5-3-4-11(18-12)15(19)17-10-6-7-13-14(8-10)23-9-22-13/h3-8H,2,9H2,1H3,(H,17,19). The van der Waals surface area contributed by atoms with Gasteiger partial charge >= 0.3 is 5.97 Å². The van der Waals surface area contributed by atoms with Gasteiger partial charge in [-0.15, -0.1) is 0 Å². The molecule has 118 valence electrons. The van der Waals surface area contributed by atoms with Crippen molar-refractivity contribution in [3.05, 3.63) is 47.8 Å². The van der Waals surface area contributed by atoms with Gasteiger partial charge in [0.25, 0.3) is 5.91 Å². The first-order valence-electron chi connectivity index (χ1n) is 7.02. The van der Waals surface area contributed by atoms with Gasteiger partial charge in [-0.2, -0.15) is 0 Å². The molecule has 1 aliphatic heterocycles. The van der Waals surface area contributed by atoms with Crippen LogP contribution in [0.2, 0.25) is 0 Å². The quantitative estimate of drug-likeness (QED) is 0.871. The lowest BCUT2D eigenvalue weighted by molar-refractivity contribution is 0.0519. The number of amides is 1. The van der Waals surface area contributed by atoms with Gasteiger partial charge in [0.2, 0.25) is 6.79 Å². The van der Waals surface area contributed by atoms with Crippen LogP contribution in [0.4, 0.5) is 5.69 Å². The van der Waals surface area contributed by atoms with Crippen molar-refractivity contribution in [2.45, 2.75) is 6.92 Å². The third kappa shape index (κ3) is 3.23. The van der Waals surface area contributed by atoms with Gasteiger partial charge in [-0.1, -0.05) is 6.07 Å². The highest BCUT2D eigenvalue weighted by Gasteiger charge is 2.16. The fraction of sp³-hybridized carbons (Fsp3) is 0.188. The van der Waals surface area contributed by atoms with Gasteiger partial charge in [-0.25, -0.2) is 9.78 Å². The third-order valence-corrected chi connectivity index (χ3v) is 3.10. The second-order valence-corrected chi connectivity index (χ2v) is 4.65. The predicted molar refractivity (Wildman–Crippen MR) is 80.7 cm³/mol. The van der Waals surface area contributed by atoms with Crippen LogP contribution < -0.4 is 14.8 Å². The summed E-state index contributed by atoms with van der Waals surface area (Å²) in [7, 11) is 0. The van der Waals surface area contributed by atoms with Crippen LogP contribution in [0.1, 0.15) is 27.9 Å². The Morgan fingerprint density at radius 1 is 1.17 bits per heavy atom. The molecule has 0 fully saturated rings. The maximum atomic E-state index is 12.2. The number of ether oxygens (including phenoxy) is 3. The van der Waals surface area contributed by atoms with Crippen LogP contribution in [0.3, 0.4) is 0 Å². The average Bonchev–Trinajstić information content (AvgIpc) is 3.03. The van der Waals surface area contributed by atoms with Crippen molar-refractivity contribution < 1.29 is 23.8 Å². The molecule has 0 unspecified atom stereocenters. The number of esters is 1.